The second-order valence-corrected chi connectivity index (χ2v) is 7.06. The zero-order chi connectivity index (χ0) is 18.7. The van der Waals surface area contributed by atoms with E-state index in [1.54, 1.807) is 53.9 Å². The van der Waals surface area contributed by atoms with Crippen molar-refractivity contribution in [3.63, 3.8) is 0 Å². The number of nitrogens with one attached hydrogen (secondary N) is 2. The van der Waals surface area contributed by atoms with Crippen molar-refractivity contribution in [1.29, 1.82) is 0 Å². The Hall–Kier alpha value is -2.54. The second kappa shape index (κ2) is 7.78. The average molecular weight is 406 g/mol. The van der Waals surface area contributed by atoms with Gasteiger partial charge >= 0.3 is 6.03 Å². The standard InChI is InChI=1S/C18H13Cl2N3O2S/c19-11-3-1-10(2-4-11)14-9-26-17(15(14)16(21)24)23-18(25)22-13-7-5-12(20)6-8-13/h1-9H,(H2,21,24)(H2,22,23,25). The molecule has 1 heterocycles. The van der Waals surface area contributed by atoms with Crippen LogP contribution in [-0.2, 0) is 0 Å². The third-order valence-corrected chi connectivity index (χ3v) is 4.92. The Morgan fingerprint density at radius 2 is 1.46 bits per heavy atom. The maximum atomic E-state index is 12.2. The van der Waals surface area contributed by atoms with Crippen LogP contribution in [0.2, 0.25) is 10.0 Å². The van der Waals surface area contributed by atoms with Crippen LogP contribution in [0.3, 0.4) is 0 Å². The van der Waals surface area contributed by atoms with E-state index in [0.717, 1.165) is 5.56 Å². The van der Waals surface area contributed by atoms with Crippen molar-refractivity contribution in [1.82, 2.24) is 0 Å². The van der Waals surface area contributed by atoms with E-state index in [2.05, 4.69) is 10.6 Å². The SMILES string of the molecule is NC(=O)c1c(-c2ccc(Cl)cc2)csc1NC(=O)Nc1ccc(Cl)cc1. The lowest BCUT2D eigenvalue weighted by molar-refractivity contribution is 0.100. The number of urea groups is 1. The molecular weight excluding hydrogens is 393 g/mol. The molecule has 3 amide bonds. The van der Waals surface area contributed by atoms with Crippen LogP contribution in [0.4, 0.5) is 15.5 Å². The monoisotopic (exact) mass is 405 g/mol. The van der Waals surface area contributed by atoms with Gasteiger partial charge in [-0.05, 0) is 42.0 Å². The van der Waals surface area contributed by atoms with E-state index in [4.69, 9.17) is 28.9 Å². The Morgan fingerprint density at radius 1 is 0.885 bits per heavy atom. The van der Waals surface area contributed by atoms with Gasteiger partial charge in [0.15, 0.2) is 0 Å². The number of amides is 3. The highest BCUT2D eigenvalue weighted by Gasteiger charge is 2.19. The number of anilines is 2. The number of thiophene rings is 1. The molecule has 0 saturated heterocycles. The van der Waals surface area contributed by atoms with Gasteiger partial charge in [0.1, 0.15) is 5.00 Å². The van der Waals surface area contributed by atoms with Gasteiger partial charge in [0.25, 0.3) is 5.91 Å². The number of rotatable bonds is 4. The summed E-state index contributed by atoms with van der Waals surface area (Å²) in [6.07, 6.45) is 0. The summed E-state index contributed by atoms with van der Waals surface area (Å²) in [7, 11) is 0. The molecule has 0 spiro atoms. The van der Waals surface area contributed by atoms with Gasteiger partial charge in [-0.3, -0.25) is 10.1 Å². The molecule has 0 unspecified atom stereocenters. The summed E-state index contributed by atoms with van der Waals surface area (Å²) in [5, 5.41) is 8.62. The molecule has 2 aromatic carbocycles. The lowest BCUT2D eigenvalue weighted by Gasteiger charge is -2.08. The molecule has 0 atom stereocenters. The molecule has 0 bridgehead atoms. The van der Waals surface area contributed by atoms with Crippen molar-refractivity contribution in [2.45, 2.75) is 0 Å². The maximum Gasteiger partial charge on any atom is 0.324 e. The zero-order valence-corrected chi connectivity index (χ0v) is 15.6. The maximum absolute atomic E-state index is 12.2. The first-order chi connectivity index (χ1) is 12.4. The summed E-state index contributed by atoms with van der Waals surface area (Å²) in [5.74, 6) is -0.627. The van der Waals surface area contributed by atoms with E-state index in [0.29, 0.717) is 26.3 Å². The van der Waals surface area contributed by atoms with Gasteiger partial charge in [0, 0.05) is 26.7 Å². The largest absolute Gasteiger partial charge is 0.365 e. The van der Waals surface area contributed by atoms with Gasteiger partial charge in [-0.15, -0.1) is 11.3 Å². The van der Waals surface area contributed by atoms with Crippen LogP contribution in [0.15, 0.2) is 53.9 Å². The minimum atomic E-state index is -0.627. The number of carbonyl (C=O) groups excluding carboxylic acids is 2. The van der Waals surface area contributed by atoms with E-state index in [1.807, 2.05) is 0 Å². The van der Waals surface area contributed by atoms with Crippen molar-refractivity contribution in [3.8, 4) is 11.1 Å². The van der Waals surface area contributed by atoms with E-state index < -0.39 is 11.9 Å². The Morgan fingerprint density at radius 3 is 2.04 bits per heavy atom. The van der Waals surface area contributed by atoms with Crippen LogP contribution in [-0.4, -0.2) is 11.9 Å². The highest BCUT2D eigenvalue weighted by atomic mass is 35.5. The van der Waals surface area contributed by atoms with Crippen LogP contribution < -0.4 is 16.4 Å². The fraction of sp³-hybridized carbons (Fsp3) is 0. The molecule has 132 valence electrons. The van der Waals surface area contributed by atoms with Crippen molar-refractivity contribution >= 4 is 57.2 Å². The second-order valence-electron chi connectivity index (χ2n) is 5.31. The quantitative estimate of drug-likeness (QED) is 0.537. The van der Waals surface area contributed by atoms with E-state index >= 15 is 0 Å². The molecule has 5 nitrogen and oxygen atoms in total. The lowest BCUT2D eigenvalue weighted by Crippen LogP contribution is -2.21. The van der Waals surface area contributed by atoms with E-state index in [-0.39, 0.29) is 5.56 Å². The number of carbonyl (C=O) groups is 2. The number of primary amides is 1. The summed E-state index contributed by atoms with van der Waals surface area (Å²) in [5.41, 5.74) is 7.77. The molecule has 0 saturated carbocycles. The summed E-state index contributed by atoms with van der Waals surface area (Å²) >= 11 is 12.9. The Balaban J connectivity index is 1.83. The molecule has 4 N–H and O–H groups in total. The predicted octanol–water partition coefficient (Wildman–Crippen LogP) is 5.46. The highest BCUT2D eigenvalue weighted by Crippen LogP contribution is 2.35. The fourth-order valence-electron chi connectivity index (χ4n) is 2.34. The van der Waals surface area contributed by atoms with Crippen molar-refractivity contribution in [2.75, 3.05) is 10.6 Å². The van der Waals surface area contributed by atoms with Crippen molar-refractivity contribution < 1.29 is 9.59 Å². The fourth-order valence-corrected chi connectivity index (χ4v) is 3.56. The summed E-state index contributed by atoms with van der Waals surface area (Å²) < 4.78 is 0. The van der Waals surface area contributed by atoms with Crippen LogP contribution in [0.25, 0.3) is 11.1 Å². The number of nitrogens with two attached hydrogens (primary N) is 1. The lowest BCUT2D eigenvalue weighted by atomic mass is 10.0. The van der Waals surface area contributed by atoms with Gasteiger partial charge in [0.2, 0.25) is 0 Å². The van der Waals surface area contributed by atoms with E-state index in [9.17, 15) is 9.59 Å². The molecule has 26 heavy (non-hydrogen) atoms. The minimum absolute atomic E-state index is 0.253. The van der Waals surface area contributed by atoms with E-state index in [1.165, 1.54) is 11.3 Å². The molecule has 0 fully saturated rings. The van der Waals surface area contributed by atoms with Gasteiger partial charge in [-0.25, -0.2) is 4.79 Å². The smallest absolute Gasteiger partial charge is 0.324 e. The Kier molecular flexibility index (Phi) is 5.46. The zero-order valence-electron chi connectivity index (χ0n) is 13.3. The molecular formula is C18H13Cl2N3O2S. The third-order valence-electron chi connectivity index (χ3n) is 3.52. The Labute approximate surface area is 163 Å². The predicted molar refractivity (Wildman–Crippen MR) is 107 cm³/mol. The molecule has 3 aromatic rings. The number of hydrogen-bond acceptors (Lipinski definition) is 3. The molecule has 0 radical (unpaired) electrons. The van der Waals surface area contributed by atoms with Gasteiger partial charge in [-0.2, -0.15) is 0 Å². The topological polar surface area (TPSA) is 84.2 Å². The molecule has 0 aliphatic heterocycles. The van der Waals surface area contributed by atoms with Crippen LogP contribution in [0.5, 0.6) is 0 Å². The minimum Gasteiger partial charge on any atom is -0.365 e. The van der Waals surface area contributed by atoms with Crippen molar-refractivity contribution in [3.05, 3.63) is 69.5 Å². The summed E-state index contributed by atoms with van der Waals surface area (Å²) in [6, 6.07) is 13.2. The third kappa shape index (κ3) is 4.16. The van der Waals surface area contributed by atoms with Gasteiger partial charge in [0.05, 0.1) is 5.56 Å². The molecule has 1 aromatic heterocycles. The summed E-state index contributed by atoms with van der Waals surface area (Å²) in [6.45, 7) is 0. The summed E-state index contributed by atoms with van der Waals surface area (Å²) in [4.78, 5) is 24.2. The van der Waals surface area contributed by atoms with Gasteiger partial charge in [-0.1, -0.05) is 35.3 Å². The van der Waals surface area contributed by atoms with Crippen molar-refractivity contribution in [2.24, 2.45) is 5.73 Å². The van der Waals surface area contributed by atoms with Gasteiger partial charge < -0.3 is 11.1 Å². The highest BCUT2D eigenvalue weighted by molar-refractivity contribution is 7.15. The first-order valence-corrected chi connectivity index (χ1v) is 9.08. The molecule has 3 rings (SSSR count). The number of hydrogen-bond donors (Lipinski definition) is 3. The van der Waals surface area contributed by atoms with Crippen LogP contribution >= 0.6 is 34.5 Å². The molecule has 0 aliphatic rings. The molecule has 8 heteroatoms. The first kappa shape index (κ1) is 18.3. The van der Waals surface area contributed by atoms with Crippen LogP contribution in [0.1, 0.15) is 10.4 Å². The number of benzene rings is 2. The average Bonchev–Trinajstić information content (AvgIpc) is 3.01. The van der Waals surface area contributed by atoms with Crippen LogP contribution in [0, 0.1) is 0 Å². The Bertz CT molecular complexity index is 954. The molecule has 0 aliphatic carbocycles. The first-order valence-electron chi connectivity index (χ1n) is 7.45. The number of halogens is 2. The normalized spacial score (nSPS) is 10.4.